The molecule has 4 heterocycles. The van der Waals surface area contributed by atoms with Gasteiger partial charge in [0.15, 0.2) is 0 Å². The van der Waals surface area contributed by atoms with Crippen molar-refractivity contribution in [3.8, 4) is 0 Å². The fourth-order valence-electron chi connectivity index (χ4n) is 6.21. The monoisotopic (exact) mass is 620 g/mol. The van der Waals surface area contributed by atoms with Crippen molar-refractivity contribution in [1.82, 2.24) is 15.3 Å². The minimum absolute atomic E-state index is 0.0472. The van der Waals surface area contributed by atoms with E-state index in [-0.39, 0.29) is 36.5 Å². The van der Waals surface area contributed by atoms with Crippen molar-refractivity contribution in [2.45, 2.75) is 79.6 Å². The summed E-state index contributed by atoms with van der Waals surface area (Å²) in [6, 6.07) is 0. The van der Waals surface area contributed by atoms with Crippen LogP contribution in [0.3, 0.4) is 0 Å². The van der Waals surface area contributed by atoms with Gasteiger partial charge in [0.1, 0.15) is 0 Å². The third-order valence-corrected chi connectivity index (χ3v) is 9.03. The van der Waals surface area contributed by atoms with Gasteiger partial charge in [-0.25, -0.2) is 4.99 Å². The standard InChI is InChI=1S/C33H40N4O6S/c1-6-20-16(2)26(36-33(20)43)13-24-17(3)21(7-9-30(38)39)27(34-24)15-28-22(8-10-31(40)41)18(4)25(35-28)14-29-23(11-12-44)19(5)32(42)37-29/h11-12,14,19,23,34-35,44H,6-10,13,15H2,1-5H3,(H,37,42)(H,38,39)(H,40,41)/b12-11+,29-14-/t19-,23-/m1/s1. The Morgan fingerprint density at radius 3 is 2.11 bits per heavy atom. The topological polar surface area (TPSA) is 165 Å². The highest BCUT2D eigenvalue weighted by molar-refractivity contribution is 7.83. The lowest BCUT2D eigenvalue weighted by molar-refractivity contribution is -0.138. The molecule has 2 amide bonds. The van der Waals surface area contributed by atoms with Gasteiger partial charge in [0.25, 0.3) is 5.91 Å². The zero-order valence-electron chi connectivity index (χ0n) is 25.8. The molecule has 2 aromatic heterocycles. The molecule has 2 aromatic rings. The van der Waals surface area contributed by atoms with Crippen LogP contribution in [-0.2, 0) is 44.9 Å². The van der Waals surface area contributed by atoms with Crippen LogP contribution >= 0.6 is 12.6 Å². The first-order valence-electron chi connectivity index (χ1n) is 14.8. The van der Waals surface area contributed by atoms with E-state index in [1.807, 2.05) is 46.8 Å². The molecule has 11 heteroatoms. The highest BCUT2D eigenvalue weighted by Gasteiger charge is 2.34. The van der Waals surface area contributed by atoms with Gasteiger partial charge in [-0.1, -0.05) is 19.9 Å². The van der Waals surface area contributed by atoms with Crippen molar-refractivity contribution in [1.29, 1.82) is 0 Å². The number of hydrogen-bond donors (Lipinski definition) is 6. The largest absolute Gasteiger partial charge is 0.481 e. The summed E-state index contributed by atoms with van der Waals surface area (Å²) in [6.45, 7) is 9.57. The number of carboxylic acid groups (broad SMARTS) is 2. The minimum atomic E-state index is -0.908. The molecular weight excluding hydrogens is 580 g/mol. The lowest BCUT2D eigenvalue weighted by atomic mass is 9.94. The molecule has 2 aliphatic heterocycles. The summed E-state index contributed by atoms with van der Waals surface area (Å²) in [7, 11) is 0. The van der Waals surface area contributed by atoms with Crippen LogP contribution in [0.5, 0.6) is 0 Å². The van der Waals surface area contributed by atoms with E-state index in [4.69, 9.17) is 0 Å². The molecule has 1 fully saturated rings. The highest BCUT2D eigenvalue weighted by atomic mass is 32.1. The molecular formula is C33H40N4O6S. The Labute approximate surface area is 262 Å². The van der Waals surface area contributed by atoms with E-state index in [0.29, 0.717) is 43.4 Å². The average molecular weight is 621 g/mol. The zero-order valence-corrected chi connectivity index (χ0v) is 26.7. The fraction of sp³-hybridized carbons (Fsp3) is 0.424. The van der Waals surface area contributed by atoms with E-state index in [0.717, 1.165) is 56.3 Å². The first-order valence-corrected chi connectivity index (χ1v) is 15.4. The Hall–Kier alpha value is -4.12. The number of thiol groups is 1. The molecule has 2 atom stereocenters. The number of amides is 2. The van der Waals surface area contributed by atoms with Crippen molar-refractivity contribution in [2.24, 2.45) is 16.8 Å². The summed E-state index contributed by atoms with van der Waals surface area (Å²) >= 11 is 4.20. The molecule has 44 heavy (non-hydrogen) atoms. The molecule has 0 saturated carbocycles. The maximum absolute atomic E-state index is 12.5. The molecule has 0 radical (unpaired) electrons. The summed E-state index contributed by atoms with van der Waals surface area (Å²) in [5, 5.41) is 23.5. The second-order valence-corrected chi connectivity index (χ2v) is 11.8. The summed E-state index contributed by atoms with van der Waals surface area (Å²) < 4.78 is 0. The number of nitrogens with one attached hydrogen (secondary N) is 3. The van der Waals surface area contributed by atoms with Gasteiger partial charge in [0.05, 0.1) is 5.71 Å². The Bertz CT molecular complexity index is 1640. The predicted molar refractivity (Wildman–Crippen MR) is 172 cm³/mol. The van der Waals surface area contributed by atoms with E-state index < -0.39 is 11.9 Å². The maximum atomic E-state index is 12.5. The second kappa shape index (κ2) is 13.7. The number of nitrogens with zero attached hydrogens (tertiary/aromatic N) is 1. The molecule has 0 aliphatic carbocycles. The summed E-state index contributed by atoms with van der Waals surface area (Å²) in [4.78, 5) is 59.2. The molecule has 0 aromatic carbocycles. The molecule has 234 valence electrons. The van der Waals surface area contributed by atoms with Crippen LogP contribution in [-0.4, -0.2) is 49.6 Å². The number of carbonyl (C=O) groups is 4. The third kappa shape index (κ3) is 6.83. The van der Waals surface area contributed by atoms with E-state index in [9.17, 15) is 29.4 Å². The summed E-state index contributed by atoms with van der Waals surface area (Å²) in [5.74, 6) is -2.52. The van der Waals surface area contributed by atoms with Gasteiger partial charge in [-0.15, -0.1) is 0 Å². The van der Waals surface area contributed by atoms with Gasteiger partial charge >= 0.3 is 11.9 Å². The van der Waals surface area contributed by atoms with Gasteiger partial charge in [0, 0.05) is 71.6 Å². The Kier molecular flexibility index (Phi) is 10.2. The van der Waals surface area contributed by atoms with E-state index >= 15 is 0 Å². The molecule has 10 nitrogen and oxygen atoms in total. The molecule has 1 saturated heterocycles. The molecule has 4 rings (SSSR count). The van der Waals surface area contributed by atoms with Gasteiger partial charge in [0.2, 0.25) is 5.91 Å². The van der Waals surface area contributed by atoms with Gasteiger partial charge in [-0.2, -0.15) is 12.6 Å². The lowest BCUT2D eigenvalue weighted by Gasteiger charge is -2.08. The number of aliphatic carboxylic acids is 2. The summed E-state index contributed by atoms with van der Waals surface area (Å²) in [5.41, 5.74) is 9.88. The molecule has 2 aliphatic rings. The van der Waals surface area contributed by atoms with Crippen LogP contribution in [0, 0.1) is 25.7 Å². The van der Waals surface area contributed by atoms with Crippen LogP contribution in [0.2, 0.25) is 0 Å². The molecule has 5 N–H and O–H groups in total. The highest BCUT2D eigenvalue weighted by Crippen LogP contribution is 2.33. The van der Waals surface area contributed by atoms with E-state index in [1.165, 1.54) is 0 Å². The minimum Gasteiger partial charge on any atom is -0.481 e. The number of hydrogen-bond acceptors (Lipinski definition) is 5. The van der Waals surface area contributed by atoms with Crippen LogP contribution in [0.4, 0.5) is 0 Å². The molecule has 0 spiro atoms. The van der Waals surface area contributed by atoms with Gasteiger partial charge < -0.3 is 25.5 Å². The maximum Gasteiger partial charge on any atom is 0.303 e. The van der Waals surface area contributed by atoms with Crippen molar-refractivity contribution in [2.75, 3.05) is 0 Å². The Morgan fingerprint density at radius 2 is 1.55 bits per heavy atom. The predicted octanol–water partition coefficient (Wildman–Crippen LogP) is 5.00. The number of rotatable bonds is 13. The lowest BCUT2D eigenvalue weighted by Crippen LogP contribution is -2.16. The second-order valence-electron chi connectivity index (χ2n) is 11.5. The number of aromatic amines is 2. The number of allylic oxidation sites excluding steroid dienone is 2. The first kappa shape index (κ1) is 32.8. The SMILES string of the molecule is CCC1=C(C)C(Cc2[nH]c(Cc3[nH]c(/C=C4\NC(=O)[C@H](C)[C@H]4/C=C/S)c(C)c3CCC(=O)O)c(CCC(=O)O)c2C)=NC1=O. The van der Waals surface area contributed by atoms with Crippen LogP contribution in [0.25, 0.3) is 6.08 Å². The van der Waals surface area contributed by atoms with Crippen LogP contribution in [0.1, 0.15) is 85.1 Å². The van der Waals surface area contributed by atoms with E-state index in [2.05, 4.69) is 32.9 Å². The zero-order chi connectivity index (χ0) is 32.3. The van der Waals surface area contributed by atoms with E-state index in [1.54, 1.807) is 5.41 Å². The Balaban J connectivity index is 1.76. The average Bonchev–Trinajstić information content (AvgIpc) is 3.60. The van der Waals surface area contributed by atoms with Crippen LogP contribution in [0.15, 0.2) is 33.3 Å². The third-order valence-electron chi connectivity index (χ3n) is 8.86. The molecule has 0 unspecified atom stereocenters. The number of H-pyrrole nitrogens is 2. The van der Waals surface area contributed by atoms with Gasteiger partial charge in [-0.05, 0) is 79.3 Å². The van der Waals surface area contributed by atoms with Crippen molar-refractivity contribution >= 4 is 48.2 Å². The quantitative estimate of drug-likeness (QED) is 0.173. The van der Waals surface area contributed by atoms with Crippen molar-refractivity contribution in [3.05, 3.63) is 73.4 Å². The first-order chi connectivity index (χ1) is 20.9. The smallest absolute Gasteiger partial charge is 0.303 e. The molecule has 0 bridgehead atoms. The van der Waals surface area contributed by atoms with Crippen molar-refractivity contribution < 1.29 is 29.4 Å². The Morgan fingerprint density at radius 1 is 0.932 bits per heavy atom. The van der Waals surface area contributed by atoms with Crippen molar-refractivity contribution in [3.63, 3.8) is 0 Å². The number of aromatic nitrogens is 2. The number of carbonyl (C=O) groups excluding carboxylic acids is 2. The van der Waals surface area contributed by atoms with Gasteiger partial charge in [-0.3, -0.25) is 19.2 Å². The number of aliphatic imine (C=N–C) groups is 1. The van der Waals surface area contributed by atoms with Crippen LogP contribution < -0.4 is 5.32 Å². The number of carboxylic acids is 2. The normalized spacial score (nSPS) is 19.5. The fourth-order valence-corrected chi connectivity index (χ4v) is 6.39. The summed E-state index contributed by atoms with van der Waals surface area (Å²) in [6.07, 6.45) is 5.69.